The first kappa shape index (κ1) is 11.6. The molecule has 1 saturated heterocycles. The maximum atomic E-state index is 14.2. The van der Waals surface area contributed by atoms with E-state index < -0.39 is 6.17 Å². The van der Waals surface area contributed by atoms with E-state index in [0.29, 0.717) is 6.42 Å². The Hall–Kier alpha value is -1.48. The molecule has 3 heteroatoms. The molecule has 2 atom stereocenters. The maximum absolute atomic E-state index is 14.2. The number of pyridine rings is 1. The number of nitrogens with zero attached hydrogens (tertiary/aromatic N) is 1. The number of halogens is 1. The van der Waals surface area contributed by atoms with Crippen molar-refractivity contribution < 1.29 is 4.39 Å². The smallest absolute Gasteiger partial charge is 0.119 e. The fourth-order valence-corrected chi connectivity index (χ4v) is 2.71. The zero-order valence-corrected chi connectivity index (χ0v) is 10.3. The largest absolute Gasteiger partial charge is 0.311 e. The third-order valence-electron chi connectivity index (χ3n) is 3.69. The predicted molar refractivity (Wildman–Crippen MR) is 71.4 cm³/mol. The Labute approximate surface area is 106 Å². The molecule has 18 heavy (non-hydrogen) atoms. The molecule has 2 unspecified atom stereocenters. The van der Waals surface area contributed by atoms with Crippen molar-refractivity contribution in [3.63, 3.8) is 0 Å². The molecule has 0 bridgehead atoms. The summed E-state index contributed by atoms with van der Waals surface area (Å²) in [5.41, 5.74) is 2.00. The second-order valence-electron chi connectivity index (χ2n) is 4.91. The Morgan fingerprint density at radius 2 is 2.22 bits per heavy atom. The summed E-state index contributed by atoms with van der Waals surface area (Å²) in [5, 5.41) is 4.30. The lowest BCUT2D eigenvalue weighted by Crippen LogP contribution is -2.33. The van der Waals surface area contributed by atoms with Crippen LogP contribution in [-0.4, -0.2) is 23.7 Å². The summed E-state index contributed by atoms with van der Waals surface area (Å²) in [6.45, 7) is 0.947. The van der Waals surface area contributed by atoms with Gasteiger partial charge in [0.25, 0.3) is 0 Å². The summed E-state index contributed by atoms with van der Waals surface area (Å²) in [4.78, 5) is 4.31. The van der Waals surface area contributed by atoms with Crippen molar-refractivity contribution in [1.82, 2.24) is 10.3 Å². The van der Waals surface area contributed by atoms with Gasteiger partial charge in [-0.25, -0.2) is 4.39 Å². The lowest BCUT2D eigenvalue weighted by molar-refractivity contribution is 0.264. The number of hydrogen-bond donors (Lipinski definition) is 1. The quantitative estimate of drug-likeness (QED) is 0.898. The molecule has 0 amide bonds. The summed E-state index contributed by atoms with van der Waals surface area (Å²) in [7, 11) is 0. The van der Waals surface area contributed by atoms with Crippen LogP contribution in [0.15, 0.2) is 36.5 Å². The van der Waals surface area contributed by atoms with Gasteiger partial charge in [-0.2, -0.15) is 0 Å². The van der Waals surface area contributed by atoms with Gasteiger partial charge in [0.2, 0.25) is 0 Å². The van der Waals surface area contributed by atoms with Gasteiger partial charge in [-0.3, -0.25) is 4.98 Å². The number of aromatic nitrogens is 1. The first-order chi connectivity index (χ1) is 8.84. The molecule has 2 heterocycles. The van der Waals surface area contributed by atoms with Crippen LogP contribution in [0.2, 0.25) is 0 Å². The standard InChI is InChI=1S/C15H17FN2/c16-13(15-6-3-8-17-15)10-11-7-9-18-14-5-2-1-4-12(11)14/h1-2,4-5,7,9,13,15,17H,3,6,8,10H2. The molecule has 2 nitrogen and oxygen atoms in total. The fourth-order valence-electron chi connectivity index (χ4n) is 2.71. The van der Waals surface area contributed by atoms with Crippen LogP contribution in [0, 0.1) is 0 Å². The van der Waals surface area contributed by atoms with E-state index in [-0.39, 0.29) is 6.04 Å². The highest BCUT2D eigenvalue weighted by atomic mass is 19.1. The van der Waals surface area contributed by atoms with E-state index >= 15 is 0 Å². The van der Waals surface area contributed by atoms with E-state index in [1.54, 1.807) is 6.20 Å². The van der Waals surface area contributed by atoms with Crippen LogP contribution >= 0.6 is 0 Å². The Morgan fingerprint density at radius 1 is 1.33 bits per heavy atom. The van der Waals surface area contributed by atoms with Crippen molar-refractivity contribution in [2.24, 2.45) is 0 Å². The maximum Gasteiger partial charge on any atom is 0.119 e. The lowest BCUT2D eigenvalue weighted by Gasteiger charge is -2.16. The second-order valence-corrected chi connectivity index (χ2v) is 4.91. The molecular weight excluding hydrogens is 227 g/mol. The normalized spacial score (nSPS) is 21.3. The first-order valence-electron chi connectivity index (χ1n) is 6.54. The van der Waals surface area contributed by atoms with Gasteiger partial charge in [0.05, 0.1) is 5.52 Å². The fraction of sp³-hybridized carbons (Fsp3) is 0.400. The number of para-hydroxylation sites is 1. The highest BCUT2D eigenvalue weighted by Crippen LogP contribution is 2.21. The SMILES string of the molecule is FC(Cc1ccnc2ccccc12)C1CCCN1. The van der Waals surface area contributed by atoms with Gasteiger partial charge in [-0.05, 0) is 37.1 Å². The van der Waals surface area contributed by atoms with Crippen LogP contribution in [0.4, 0.5) is 4.39 Å². The van der Waals surface area contributed by atoms with Crippen LogP contribution in [0.3, 0.4) is 0 Å². The lowest BCUT2D eigenvalue weighted by atomic mass is 9.99. The van der Waals surface area contributed by atoms with Crippen molar-refractivity contribution in [2.45, 2.75) is 31.5 Å². The van der Waals surface area contributed by atoms with Crippen LogP contribution in [0.25, 0.3) is 10.9 Å². The highest BCUT2D eigenvalue weighted by Gasteiger charge is 2.24. The van der Waals surface area contributed by atoms with Crippen LogP contribution in [-0.2, 0) is 6.42 Å². The van der Waals surface area contributed by atoms with Gasteiger partial charge in [0.1, 0.15) is 6.17 Å². The molecule has 1 fully saturated rings. The minimum atomic E-state index is -0.807. The zero-order valence-electron chi connectivity index (χ0n) is 10.3. The van der Waals surface area contributed by atoms with Crippen LogP contribution in [0.5, 0.6) is 0 Å². The minimum absolute atomic E-state index is 0.0249. The molecule has 2 aromatic rings. The van der Waals surface area contributed by atoms with Gasteiger partial charge < -0.3 is 5.32 Å². The van der Waals surface area contributed by atoms with E-state index in [9.17, 15) is 4.39 Å². The zero-order chi connectivity index (χ0) is 12.4. The molecule has 1 aliphatic rings. The van der Waals surface area contributed by atoms with Crippen molar-refractivity contribution in [1.29, 1.82) is 0 Å². The summed E-state index contributed by atoms with van der Waals surface area (Å²) in [6, 6.07) is 9.90. The number of fused-ring (bicyclic) bond motifs is 1. The Bertz CT molecular complexity index is 530. The molecule has 0 saturated carbocycles. The number of benzene rings is 1. The van der Waals surface area contributed by atoms with Crippen molar-refractivity contribution in [2.75, 3.05) is 6.54 Å². The van der Waals surface area contributed by atoms with Crippen molar-refractivity contribution in [3.05, 3.63) is 42.1 Å². The third kappa shape index (κ3) is 2.23. The van der Waals surface area contributed by atoms with E-state index in [4.69, 9.17) is 0 Å². The average Bonchev–Trinajstić information content (AvgIpc) is 2.93. The number of nitrogens with one attached hydrogen (secondary N) is 1. The van der Waals surface area contributed by atoms with Gasteiger partial charge >= 0.3 is 0 Å². The molecule has 0 radical (unpaired) electrons. The first-order valence-corrected chi connectivity index (χ1v) is 6.54. The van der Waals surface area contributed by atoms with E-state index in [1.807, 2.05) is 30.3 Å². The Balaban J connectivity index is 1.85. The predicted octanol–water partition coefficient (Wildman–Crippen LogP) is 2.87. The molecule has 94 valence electrons. The van der Waals surface area contributed by atoms with E-state index in [0.717, 1.165) is 35.9 Å². The summed E-state index contributed by atoms with van der Waals surface area (Å²) < 4.78 is 14.2. The van der Waals surface area contributed by atoms with Gasteiger partial charge in [0.15, 0.2) is 0 Å². The molecule has 0 aliphatic carbocycles. The molecule has 1 aliphatic heterocycles. The van der Waals surface area contributed by atoms with Gasteiger partial charge in [0, 0.05) is 24.0 Å². The Morgan fingerprint density at radius 3 is 3.06 bits per heavy atom. The molecule has 1 aromatic carbocycles. The molecule has 1 aromatic heterocycles. The summed E-state index contributed by atoms with van der Waals surface area (Å²) >= 11 is 0. The van der Waals surface area contributed by atoms with E-state index in [1.165, 1.54) is 0 Å². The topological polar surface area (TPSA) is 24.9 Å². The van der Waals surface area contributed by atoms with E-state index in [2.05, 4.69) is 10.3 Å². The monoisotopic (exact) mass is 244 g/mol. The minimum Gasteiger partial charge on any atom is -0.311 e. The Kier molecular flexibility index (Phi) is 3.24. The average molecular weight is 244 g/mol. The number of alkyl halides is 1. The number of rotatable bonds is 3. The second kappa shape index (κ2) is 5.02. The number of hydrogen-bond acceptors (Lipinski definition) is 2. The molecule has 1 N–H and O–H groups in total. The summed E-state index contributed by atoms with van der Waals surface area (Å²) in [5.74, 6) is 0. The molecular formula is C15H17FN2. The van der Waals surface area contributed by atoms with Crippen molar-refractivity contribution in [3.8, 4) is 0 Å². The molecule has 0 spiro atoms. The molecule has 3 rings (SSSR count). The van der Waals surface area contributed by atoms with Crippen LogP contribution < -0.4 is 5.32 Å². The highest BCUT2D eigenvalue weighted by molar-refractivity contribution is 5.81. The summed E-state index contributed by atoms with van der Waals surface area (Å²) in [6.07, 6.45) is 3.47. The van der Waals surface area contributed by atoms with Gasteiger partial charge in [-0.1, -0.05) is 18.2 Å². The third-order valence-corrected chi connectivity index (χ3v) is 3.69. The van der Waals surface area contributed by atoms with Gasteiger partial charge in [-0.15, -0.1) is 0 Å². The van der Waals surface area contributed by atoms with Crippen molar-refractivity contribution >= 4 is 10.9 Å². The van der Waals surface area contributed by atoms with Crippen LogP contribution in [0.1, 0.15) is 18.4 Å².